The zero-order valence-corrected chi connectivity index (χ0v) is 10.1. The van der Waals surface area contributed by atoms with Crippen LogP contribution < -0.4 is 11.1 Å². The van der Waals surface area contributed by atoms with Gasteiger partial charge in [0.25, 0.3) is 0 Å². The molecule has 0 saturated carbocycles. The number of hydrogen-bond donors (Lipinski definition) is 2. The van der Waals surface area contributed by atoms with Crippen molar-refractivity contribution in [3.63, 3.8) is 0 Å². The highest BCUT2D eigenvalue weighted by atomic mass is 16.6. The lowest BCUT2D eigenvalue weighted by Crippen LogP contribution is -2.24. The number of amides is 1. The van der Waals surface area contributed by atoms with E-state index >= 15 is 0 Å². The van der Waals surface area contributed by atoms with Gasteiger partial charge in [0, 0.05) is 17.5 Å². The van der Waals surface area contributed by atoms with Crippen LogP contribution in [0.2, 0.25) is 0 Å². The fourth-order valence-electron chi connectivity index (χ4n) is 1.83. The monoisotopic (exact) mass is 259 g/mol. The fourth-order valence-corrected chi connectivity index (χ4v) is 1.83. The first kappa shape index (κ1) is 12.8. The maximum Gasteiger partial charge on any atom is 0.247 e. The molecule has 98 valence electrons. The van der Waals surface area contributed by atoms with Gasteiger partial charge in [0.2, 0.25) is 11.6 Å². The van der Waals surface area contributed by atoms with Gasteiger partial charge in [-0.3, -0.25) is 14.9 Å². The maximum atomic E-state index is 12.0. The van der Waals surface area contributed by atoms with E-state index in [9.17, 15) is 14.9 Å². The average Bonchev–Trinajstić information content (AvgIpc) is 2.39. The van der Waals surface area contributed by atoms with Crippen LogP contribution in [-0.2, 0) is 4.79 Å². The lowest BCUT2D eigenvalue weighted by atomic mass is 9.97. The van der Waals surface area contributed by atoms with E-state index in [1.807, 2.05) is 0 Å². The van der Waals surface area contributed by atoms with Gasteiger partial charge in [-0.25, -0.2) is 0 Å². The Bertz CT molecular complexity index is 578. The van der Waals surface area contributed by atoms with E-state index in [0.29, 0.717) is 11.4 Å². The molecule has 0 saturated heterocycles. The van der Waals surface area contributed by atoms with E-state index in [1.54, 1.807) is 30.3 Å². The lowest BCUT2D eigenvalue weighted by molar-refractivity contribution is -0.428. The molecule has 0 aromatic heterocycles. The van der Waals surface area contributed by atoms with Crippen molar-refractivity contribution in [1.82, 2.24) is 0 Å². The molecule has 19 heavy (non-hydrogen) atoms. The first-order valence-electron chi connectivity index (χ1n) is 5.74. The van der Waals surface area contributed by atoms with Crippen LogP contribution in [0.5, 0.6) is 0 Å². The SMILES string of the molecule is Nc1cccc(NC(=O)C2C=CC=C([N+](=O)[O-])C2)c1. The van der Waals surface area contributed by atoms with Gasteiger partial charge in [-0.1, -0.05) is 18.2 Å². The molecule has 1 unspecified atom stereocenters. The molecule has 1 amide bonds. The Balaban J connectivity index is 2.04. The number of nitrogen functional groups attached to an aromatic ring is 1. The summed E-state index contributed by atoms with van der Waals surface area (Å²) in [6, 6.07) is 6.79. The number of nitro groups is 1. The van der Waals surface area contributed by atoms with Crippen LogP contribution in [0.25, 0.3) is 0 Å². The molecular weight excluding hydrogens is 246 g/mol. The predicted molar refractivity (Wildman–Crippen MR) is 71.8 cm³/mol. The number of nitrogens with zero attached hydrogens (tertiary/aromatic N) is 1. The molecule has 1 aliphatic carbocycles. The molecule has 3 N–H and O–H groups in total. The summed E-state index contributed by atoms with van der Waals surface area (Å²) in [4.78, 5) is 22.2. The third-order valence-corrected chi connectivity index (χ3v) is 2.79. The topological polar surface area (TPSA) is 98.3 Å². The Hall–Kier alpha value is -2.63. The van der Waals surface area contributed by atoms with Crippen LogP contribution in [0.15, 0.2) is 48.2 Å². The molecule has 6 heteroatoms. The van der Waals surface area contributed by atoms with E-state index in [1.165, 1.54) is 12.2 Å². The van der Waals surface area contributed by atoms with Crippen molar-refractivity contribution in [2.45, 2.75) is 6.42 Å². The third-order valence-electron chi connectivity index (χ3n) is 2.79. The van der Waals surface area contributed by atoms with E-state index in [2.05, 4.69) is 5.32 Å². The number of hydrogen-bond acceptors (Lipinski definition) is 4. The van der Waals surface area contributed by atoms with Gasteiger partial charge in [0.15, 0.2) is 0 Å². The Morgan fingerprint density at radius 3 is 2.95 bits per heavy atom. The van der Waals surface area contributed by atoms with E-state index in [-0.39, 0.29) is 18.0 Å². The summed E-state index contributed by atoms with van der Waals surface area (Å²) < 4.78 is 0. The summed E-state index contributed by atoms with van der Waals surface area (Å²) in [6.07, 6.45) is 4.68. The van der Waals surface area contributed by atoms with E-state index < -0.39 is 10.8 Å². The van der Waals surface area contributed by atoms with Gasteiger partial charge in [0.1, 0.15) is 0 Å². The zero-order chi connectivity index (χ0) is 13.8. The fraction of sp³-hybridized carbons (Fsp3) is 0.154. The van der Waals surface area contributed by atoms with Crippen LogP contribution in [0, 0.1) is 16.0 Å². The van der Waals surface area contributed by atoms with Crippen molar-refractivity contribution in [1.29, 1.82) is 0 Å². The first-order valence-corrected chi connectivity index (χ1v) is 5.74. The Kier molecular flexibility index (Phi) is 3.61. The highest BCUT2D eigenvalue weighted by Gasteiger charge is 2.25. The van der Waals surface area contributed by atoms with E-state index in [4.69, 9.17) is 5.73 Å². The summed E-state index contributed by atoms with van der Waals surface area (Å²) in [6.45, 7) is 0. The lowest BCUT2D eigenvalue weighted by Gasteiger charge is -2.14. The Morgan fingerprint density at radius 2 is 2.26 bits per heavy atom. The van der Waals surface area contributed by atoms with Gasteiger partial charge in [-0.15, -0.1) is 0 Å². The van der Waals surface area contributed by atoms with Crippen LogP contribution in [0.1, 0.15) is 6.42 Å². The molecule has 0 fully saturated rings. The number of rotatable bonds is 3. The number of allylic oxidation sites excluding steroid dienone is 3. The van der Waals surface area contributed by atoms with Crippen molar-refractivity contribution >= 4 is 17.3 Å². The standard InChI is InChI=1S/C13H13N3O3/c14-10-4-2-5-11(8-10)15-13(17)9-3-1-6-12(7-9)16(18)19/h1-6,8-9H,7,14H2,(H,15,17). The second-order valence-electron chi connectivity index (χ2n) is 4.23. The smallest absolute Gasteiger partial charge is 0.247 e. The third kappa shape index (κ3) is 3.19. The van der Waals surface area contributed by atoms with Crippen molar-refractivity contribution < 1.29 is 9.72 Å². The van der Waals surface area contributed by atoms with Crippen LogP contribution in [0.3, 0.4) is 0 Å². The van der Waals surface area contributed by atoms with Crippen molar-refractivity contribution in [2.24, 2.45) is 5.92 Å². The molecule has 0 radical (unpaired) electrons. The van der Waals surface area contributed by atoms with Gasteiger partial charge in [-0.2, -0.15) is 0 Å². The number of nitrogens with one attached hydrogen (secondary N) is 1. The van der Waals surface area contributed by atoms with Crippen LogP contribution in [-0.4, -0.2) is 10.8 Å². The van der Waals surface area contributed by atoms with Gasteiger partial charge in [0.05, 0.1) is 17.3 Å². The number of carbonyl (C=O) groups excluding carboxylic acids is 1. The average molecular weight is 259 g/mol. The van der Waals surface area contributed by atoms with Crippen LogP contribution in [0.4, 0.5) is 11.4 Å². The summed E-state index contributed by atoms with van der Waals surface area (Å²) in [5.74, 6) is -0.818. The zero-order valence-electron chi connectivity index (χ0n) is 10.1. The second-order valence-corrected chi connectivity index (χ2v) is 4.23. The molecule has 6 nitrogen and oxygen atoms in total. The molecule has 1 aromatic carbocycles. The number of anilines is 2. The summed E-state index contributed by atoms with van der Waals surface area (Å²) in [5, 5.41) is 13.4. The van der Waals surface area contributed by atoms with Crippen molar-refractivity contribution in [2.75, 3.05) is 11.1 Å². The largest absolute Gasteiger partial charge is 0.399 e. The number of benzene rings is 1. The normalized spacial score (nSPS) is 17.7. The maximum absolute atomic E-state index is 12.0. The van der Waals surface area contributed by atoms with E-state index in [0.717, 1.165) is 0 Å². The summed E-state index contributed by atoms with van der Waals surface area (Å²) >= 11 is 0. The molecule has 0 heterocycles. The predicted octanol–water partition coefficient (Wildman–Crippen LogP) is 1.94. The number of nitrogens with two attached hydrogens (primary N) is 1. The molecular formula is C13H13N3O3. The molecule has 0 spiro atoms. The minimum Gasteiger partial charge on any atom is -0.399 e. The van der Waals surface area contributed by atoms with Crippen LogP contribution >= 0.6 is 0 Å². The Morgan fingerprint density at radius 1 is 1.47 bits per heavy atom. The molecule has 1 aliphatic rings. The molecule has 0 aliphatic heterocycles. The first-order chi connectivity index (χ1) is 9.06. The van der Waals surface area contributed by atoms with Gasteiger partial charge >= 0.3 is 0 Å². The summed E-state index contributed by atoms with van der Waals surface area (Å²) in [7, 11) is 0. The molecule has 1 aromatic rings. The highest BCUT2D eigenvalue weighted by Crippen LogP contribution is 2.21. The van der Waals surface area contributed by atoms with Gasteiger partial charge in [-0.05, 0) is 18.2 Å². The van der Waals surface area contributed by atoms with Gasteiger partial charge < -0.3 is 11.1 Å². The van der Waals surface area contributed by atoms with Crippen molar-refractivity contribution in [3.05, 3.63) is 58.3 Å². The second kappa shape index (κ2) is 5.34. The minimum atomic E-state index is -0.535. The molecule has 0 bridgehead atoms. The Labute approximate surface area is 109 Å². The molecule has 1 atom stereocenters. The summed E-state index contributed by atoms with van der Waals surface area (Å²) in [5.41, 5.74) is 6.77. The van der Waals surface area contributed by atoms with Crippen molar-refractivity contribution in [3.8, 4) is 0 Å². The number of carbonyl (C=O) groups is 1. The highest BCUT2D eigenvalue weighted by molar-refractivity contribution is 5.94. The molecule has 2 rings (SSSR count). The quantitative estimate of drug-likeness (QED) is 0.492. The minimum absolute atomic E-state index is 0.0372.